The van der Waals surface area contributed by atoms with Crippen molar-refractivity contribution in [1.82, 2.24) is 4.98 Å². The van der Waals surface area contributed by atoms with Gasteiger partial charge >= 0.3 is 0 Å². The minimum absolute atomic E-state index is 0.0544. The van der Waals surface area contributed by atoms with Gasteiger partial charge in [0, 0.05) is 12.7 Å². The highest BCUT2D eigenvalue weighted by Gasteiger charge is 2.18. The van der Waals surface area contributed by atoms with Crippen LogP contribution in [-0.2, 0) is 4.74 Å². The molecule has 1 atom stereocenters. The number of thiazole rings is 1. The van der Waals surface area contributed by atoms with Crippen molar-refractivity contribution in [2.45, 2.75) is 13.0 Å². The molecular formula is C10H11NO2S. The molecule has 1 unspecified atom stereocenters. The molecule has 3 nitrogen and oxygen atoms in total. The molecule has 2 aromatic rings. The van der Waals surface area contributed by atoms with Gasteiger partial charge in [0.1, 0.15) is 6.10 Å². The lowest BCUT2D eigenvalue weighted by Crippen LogP contribution is -2.01. The second-order valence-electron chi connectivity index (χ2n) is 2.97. The van der Waals surface area contributed by atoms with Crippen molar-refractivity contribution in [3.05, 3.63) is 40.2 Å². The highest BCUT2D eigenvalue weighted by molar-refractivity contribution is 7.09. The van der Waals surface area contributed by atoms with E-state index in [2.05, 4.69) is 4.98 Å². The van der Waals surface area contributed by atoms with E-state index in [0.29, 0.717) is 0 Å². The van der Waals surface area contributed by atoms with Gasteiger partial charge in [-0.05, 0) is 13.0 Å². The lowest BCUT2D eigenvalue weighted by molar-refractivity contribution is 0.138. The van der Waals surface area contributed by atoms with Gasteiger partial charge in [0.15, 0.2) is 0 Å². The minimum Gasteiger partial charge on any atom is -0.472 e. The van der Waals surface area contributed by atoms with E-state index in [1.54, 1.807) is 31.0 Å². The number of methoxy groups -OCH3 is 1. The summed E-state index contributed by atoms with van der Waals surface area (Å²) in [7, 11) is 1.69. The third-order valence-corrected chi connectivity index (χ3v) is 3.08. The molecule has 0 N–H and O–H groups in total. The third kappa shape index (κ3) is 1.58. The molecule has 4 heteroatoms. The monoisotopic (exact) mass is 209 g/mol. The van der Waals surface area contributed by atoms with Crippen molar-refractivity contribution in [3.8, 4) is 0 Å². The number of hydrogen-bond acceptors (Lipinski definition) is 4. The quantitative estimate of drug-likeness (QED) is 0.779. The number of nitrogens with zero attached hydrogens (tertiary/aromatic N) is 1. The molecule has 0 aliphatic rings. The van der Waals surface area contributed by atoms with Gasteiger partial charge in [-0.15, -0.1) is 11.3 Å². The molecule has 0 saturated carbocycles. The van der Waals surface area contributed by atoms with Crippen LogP contribution in [0.1, 0.15) is 22.2 Å². The molecule has 0 aliphatic heterocycles. The number of aromatic nitrogens is 1. The summed E-state index contributed by atoms with van der Waals surface area (Å²) in [6, 6.07) is 1.91. The predicted octanol–water partition coefficient (Wildman–Crippen LogP) is 2.78. The number of hydrogen-bond donors (Lipinski definition) is 0. The maximum absolute atomic E-state index is 5.43. The van der Waals surface area contributed by atoms with E-state index < -0.39 is 0 Å². The summed E-state index contributed by atoms with van der Waals surface area (Å²) in [5.74, 6) is 0. The highest BCUT2D eigenvalue weighted by atomic mass is 32.1. The maximum Gasteiger partial charge on any atom is 0.121 e. The lowest BCUT2D eigenvalue weighted by atomic mass is 10.1. The normalized spacial score (nSPS) is 13.0. The van der Waals surface area contributed by atoms with Crippen LogP contribution < -0.4 is 0 Å². The Bertz CT molecular complexity index is 394. The van der Waals surface area contributed by atoms with Crippen molar-refractivity contribution in [3.63, 3.8) is 0 Å². The van der Waals surface area contributed by atoms with E-state index in [4.69, 9.17) is 9.15 Å². The van der Waals surface area contributed by atoms with E-state index in [9.17, 15) is 0 Å². The average molecular weight is 209 g/mol. The summed E-state index contributed by atoms with van der Waals surface area (Å²) in [5, 5.41) is 0. The minimum atomic E-state index is -0.0544. The summed E-state index contributed by atoms with van der Waals surface area (Å²) < 4.78 is 10.5. The number of aryl methyl sites for hydroxylation is 1. The fourth-order valence-electron chi connectivity index (χ4n) is 1.38. The van der Waals surface area contributed by atoms with Crippen LogP contribution in [0, 0.1) is 6.92 Å². The van der Waals surface area contributed by atoms with Gasteiger partial charge in [0.2, 0.25) is 0 Å². The van der Waals surface area contributed by atoms with Crippen LogP contribution in [-0.4, -0.2) is 12.1 Å². The van der Waals surface area contributed by atoms with E-state index >= 15 is 0 Å². The standard InChI is InChI=1S/C10H11NO2S/c1-7-10(14-6-11-7)9(12-2)8-3-4-13-5-8/h3-6,9H,1-2H3. The van der Waals surface area contributed by atoms with Gasteiger partial charge in [-0.25, -0.2) is 4.98 Å². The molecule has 0 bridgehead atoms. The van der Waals surface area contributed by atoms with Crippen LogP contribution in [0.25, 0.3) is 0 Å². The number of furan rings is 1. The van der Waals surface area contributed by atoms with Crippen molar-refractivity contribution < 1.29 is 9.15 Å². The molecule has 0 spiro atoms. The average Bonchev–Trinajstić information content (AvgIpc) is 2.80. The van der Waals surface area contributed by atoms with E-state index in [1.807, 2.05) is 18.5 Å². The van der Waals surface area contributed by atoms with Gasteiger partial charge in [0.25, 0.3) is 0 Å². The first-order chi connectivity index (χ1) is 6.83. The van der Waals surface area contributed by atoms with Gasteiger partial charge in [-0.1, -0.05) is 0 Å². The van der Waals surface area contributed by atoms with Crippen LogP contribution in [0.2, 0.25) is 0 Å². The second kappa shape index (κ2) is 3.94. The number of rotatable bonds is 3. The first kappa shape index (κ1) is 9.43. The molecule has 14 heavy (non-hydrogen) atoms. The van der Waals surface area contributed by atoms with Crippen LogP contribution >= 0.6 is 11.3 Å². The summed E-state index contributed by atoms with van der Waals surface area (Å²) in [4.78, 5) is 5.34. The first-order valence-electron chi connectivity index (χ1n) is 4.28. The van der Waals surface area contributed by atoms with E-state index in [1.165, 1.54) is 0 Å². The molecular weight excluding hydrogens is 198 g/mol. The Morgan fingerprint density at radius 1 is 1.57 bits per heavy atom. The van der Waals surface area contributed by atoms with E-state index in [-0.39, 0.29) is 6.10 Å². The Kier molecular flexibility index (Phi) is 2.65. The topological polar surface area (TPSA) is 35.3 Å². The molecule has 0 aromatic carbocycles. The highest BCUT2D eigenvalue weighted by Crippen LogP contribution is 2.30. The van der Waals surface area contributed by atoms with E-state index in [0.717, 1.165) is 16.1 Å². The molecule has 0 radical (unpaired) electrons. The number of ether oxygens (including phenoxy) is 1. The summed E-state index contributed by atoms with van der Waals surface area (Å²) in [5.41, 5.74) is 3.87. The zero-order valence-electron chi connectivity index (χ0n) is 8.06. The van der Waals surface area contributed by atoms with Crippen LogP contribution in [0.4, 0.5) is 0 Å². The van der Waals surface area contributed by atoms with Crippen LogP contribution in [0.15, 0.2) is 28.5 Å². The Hall–Kier alpha value is -1.13. The van der Waals surface area contributed by atoms with Crippen molar-refractivity contribution in [2.75, 3.05) is 7.11 Å². The smallest absolute Gasteiger partial charge is 0.121 e. The van der Waals surface area contributed by atoms with Gasteiger partial charge < -0.3 is 9.15 Å². The van der Waals surface area contributed by atoms with Crippen LogP contribution in [0.5, 0.6) is 0 Å². The third-order valence-electron chi connectivity index (χ3n) is 2.10. The first-order valence-corrected chi connectivity index (χ1v) is 5.15. The lowest BCUT2D eigenvalue weighted by Gasteiger charge is -2.11. The Morgan fingerprint density at radius 3 is 2.93 bits per heavy atom. The molecule has 0 aliphatic carbocycles. The molecule has 0 fully saturated rings. The summed E-state index contributed by atoms with van der Waals surface area (Å²) >= 11 is 1.60. The molecule has 2 heterocycles. The Labute approximate surface area is 86.4 Å². The zero-order chi connectivity index (χ0) is 9.97. The molecule has 0 saturated heterocycles. The summed E-state index contributed by atoms with van der Waals surface area (Å²) in [6.07, 6.45) is 3.30. The Morgan fingerprint density at radius 2 is 2.43 bits per heavy atom. The molecule has 74 valence electrons. The summed E-state index contributed by atoms with van der Waals surface area (Å²) in [6.45, 7) is 1.98. The SMILES string of the molecule is COC(c1ccoc1)c1scnc1C. The molecule has 2 aromatic heterocycles. The second-order valence-corrected chi connectivity index (χ2v) is 3.86. The largest absolute Gasteiger partial charge is 0.472 e. The fourth-order valence-corrected chi connectivity index (χ4v) is 2.28. The van der Waals surface area contributed by atoms with Crippen molar-refractivity contribution >= 4 is 11.3 Å². The molecule has 2 rings (SSSR count). The predicted molar refractivity (Wildman–Crippen MR) is 54.4 cm³/mol. The van der Waals surface area contributed by atoms with Gasteiger partial charge in [-0.2, -0.15) is 0 Å². The zero-order valence-corrected chi connectivity index (χ0v) is 8.88. The molecule has 0 amide bonds. The fraction of sp³-hybridized carbons (Fsp3) is 0.300. The van der Waals surface area contributed by atoms with Crippen molar-refractivity contribution in [2.24, 2.45) is 0 Å². The Balaban J connectivity index is 2.36. The van der Waals surface area contributed by atoms with Gasteiger partial charge in [-0.3, -0.25) is 0 Å². The van der Waals surface area contributed by atoms with Crippen molar-refractivity contribution in [1.29, 1.82) is 0 Å². The van der Waals surface area contributed by atoms with Crippen LogP contribution in [0.3, 0.4) is 0 Å². The maximum atomic E-state index is 5.43. The van der Waals surface area contributed by atoms with Gasteiger partial charge in [0.05, 0.1) is 28.6 Å².